The highest BCUT2D eigenvalue weighted by Gasteiger charge is 2.36. The van der Waals surface area contributed by atoms with Crippen LogP contribution in [-0.4, -0.2) is 11.7 Å². The fourth-order valence-electron chi connectivity index (χ4n) is 3.72. The molecule has 0 radical (unpaired) electrons. The van der Waals surface area contributed by atoms with Gasteiger partial charge in [0.25, 0.3) is 0 Å². The first-order valence-corrected chi connectivity index (χ1v) is 9.29. The van der Waals surface area contributed by atoms with E-state index in [1.54, 1.807) is 0 Å². The average molecular weight is 364 g/mol. The van der Waals surface area contributed by atoms with Crippen molar-refractivity contribution in [2.24, 2.45) is 0 Å². The van der Waals surface area contributed by atoms with Crippen LogP contribution in [0.15, 0.2) is 57.7 Å². The lowest BCUT2D eigenvalue weighted by Gasteiger charge is -2.37. The summed E-state index contributed by atoms with van der Waals surface area (Å²) in [6, 6.07) is 15.8. The summed E-state index contributed by atoms with van der Waals surface area (Å²) in [5.74, 6) is 0.717. The maximum atomic E-state index is 12.4. The predicted molar refractivity (Wildman–Crippen MR) is 105 cm³/mol. The molecule has 4 rings (SSSR count). The van der Waals surface area contributed by atoms with Gasteiger partial charge in [-0.1, -0.05) is 42.5 Å². The molecule has 27 heavy (non-hydrogen) atoms. The molecule has 1 aliphatic heterocycles. The summed E-state index contributed by atoms with van der Waals surface area (Å²) in [5.41, 5.74) is 2.38. The van der Waals surface area contributed by atoms with Gasteiger partial charge in [0.15, 0.2) is 0 Å². The molecule has 1 unspecified atom stereocenters. The number of ether oxygens (including phenoxy) is 2. The summed E-state index contributed by atoms with van der Waals surface area (Å²) in [6.45, 7) is 7.00. The number of hydrogen-bond donors (Lipinski definition) is 0. The number of hydrogen-bond acceptors (Lipinski definition) is 4. The van der Waals surface area contributed by atoms with Crippen LogP contribution in [0.1, 0.15) is 36.3 Å². The van der Waals surface area contributed by atoms with Gasteiger partial charge in [0, 0.05) is 17.4 Å². The molecule has 0 fully saturated rings. The third-order valence-corrected chi connectivity index (χ3v) is 5.38. The minimum absolute atomic E-state index is 0.182. The van der Waals surface area contributed by atoms with Crippen molar-refractivity contribution in [3.8, 4) is 0 Å². The molecule has 0 saturated heterocycles. The molecule has 2 aromatic carbocycles. The van der Waals surface area contributed by atoms with Crippen LogP contribution in [0.3, 0.4) is 0 Å². The van der Waals surface area contributed by atoms with E-state index < -0.39 is 5.60 Å². The number of benzene rings is 2. The van der Waals surface area contributed by atoms with E-state index in [0.29, 0.717) is 25.0 Å². The Bertz CT molecular complexity index is 1020. The van der Waals surface area contributed by atoms with E-state index in [-0.39, 0.29) is 11.7 Å². The van der Waals surface area contributed by atoms with Crippen molar-refractivity contribution in [1.29, 1.82) is 0 Å². The smallest absolute Gasteiger partial charge is 0.343 e. The summed E-state index contributed by atoms with van der Waals surface area (Å²) in [7, 11) is 0. The third-order valence-electron chi connectivity index (χ3n) is 5.38. The third kappa shape index (κ3) is 3.43. The van der Waals surface area contributed by atoms with Crippen LogP contribution in [0.4, 0.5) is 0 Å². The zero-order valence-corrected chi connectivity index (χ0v) is 16.0. The molecule has 1 atom stereocenters. The van der Waals surface area contributed by atoms with Crippen molar-refractivity contribution >= 4 is 10.8 Å². The van der Waals surface area contributed by atoms with Crippen LogP contribution < -0.4 is 5.63 Å². The molecule has 0 spiro atoms. The van der Waals surface area contributed by atoms with Gasteiger partial charge in [0.2, 0.25) is 0 Å². The standard InChI is InChI=1S/C23H24O4/c1-15-8-7-11-17-21(15)18-14-25-20(12-19(18)27-22(17)24)23(2,3)26-13-16-9-5-4-6-10-16/h4-11,20H,12-14H2,1-3H3. The molecular formula is C23H24O4. The number of aryl methyl sites for hydroxylation is 1. The first-order chi connectivity index (χ1) is 13.0. The molecule has 0 bridgehead atoms. The van der Waals surface area contributed by atoms with Crippen LogP contribution in [0.5, 0.6) is 0 Å². The minimum Gasteiger partial charge on any atom is -0.427 e. The molecule has 0 N–H and O–H groups in total. The molecule has 4 nitrogen and oxygen atoms in total. The Morgan fingerprint density at radius 3 is 2.67 bits per heavy atom. The second-order valence-corrected chi connectivity index (χ2v) is 7.67. The fourth-order valence-corrected chi connectivity index (χ4v) is 3.72. The van der Waals surface area contributed by atoms with Gasteiger partial charge in [-0.3, -0.25) is 0 Å². The monoisotopic (exact) mass is 364 g/mol. The van der Waals surface area contributed by atoms with Crippen LogP contribution in [0, 0.1) is 6.92 Å². The first kappa shape index (κ1) is 18.0. The van der Waals surface area contributed by atoms with Crippen LogP contribution in [0.25, 0.3) is 10.8 Å². The van der Waals surface area contributed by atoms with Crippen molar-refractivity contribution in [1.82, 2.24) is 0 Å². The highest BCUT2D eigenvalue weighted by molar-refractivity contribution is 5.88. The Labute approximate surface area is 158 Å². The van der Waals surface area contributed by atoms with Gasteiger partial charge in [-0.15, -0.1) is 0 Å². The van der Waals surface area contributed by atoms with Crippen molar-refractivity contribution in [2.75, 3.05) is 0 Å². The second-order valence-electron chi connectivity index (χ2n) is 7.67. The Hall–Kier alpha value is -2.43. The molecule has 4 heteroatoms. The zero-order valence-electron chi connectivity index (χ0n) is 16.0. The van der Waals surface area contributed by atoms with E-state index in [2.05, 4.69) is 0 Å². The number of fused-ring (bicyclic) bond motifs is 3. The summed E-state index contributed by atoms with van der Waals surface area (Å²) in [6.07, 6.45) is 0.342. The molecule has 2 heterocycles. The average Bonchev–Trinajstić information content (AvgIpc) is 2.67. The predicted octanol–water partition coefficient (Wildman–Crippen LogP) is 4.54. The van der Waals surface area contributed by atoms with Crippen LogP contribution >= 0.6 is 0 Å². The summed E-state index contributed by atoms with van der Waals surface area (Å²) >= 11 is 0. The normalized spacial score (nSPS) is 17.1. The van der Waals surface area contributed by atoms with Gasteiger partial charge in [-0.2, -0.15) is 0 Å². The lowest BCUT2D eigenvalue weighted by molar-refractivity contribution is -0.144. The Morgan fingerprint density at radius 2 is 1.89 bits per heavy atom. The zero-order chi connectivity index (χ0) is 19.0. The van der Waals surface area contributed by atoms with Gasteiger partial charge in [0.1, 0.15) is 5.76 Å². The van der Waals surface area contributed by atoms with Crippen molar-refractivity contribution in [3.63, 3.8) is 0 Å². The lowest BCUT2D eigenvalue weighted by atomic mass is 9.91. The van der Waals surface area contributed by atoms with Gasteiger partial charge in [0.05, 0.1) is 30.3 Å². The van der Waals surface area contributed by atoms with Gasteiger partial charge in [-0.05, 0) is 38.0 Å². The van der Waals surface area contributed by atoms with E-state index >= 15 is 0 Å². The summed E-state index contributed by atoms with van der Waals surface area (Å²) < 4.78 is 18.0. The van der Waals surface area contributed by atoms with E-state index in [0.717, 1.165) is 27.8 Å². The van der Waals surface area contributed by atoms with Gasteiger partial charge >= 0.3 is 5.63 Å². The largest absolute Gasteiger partial charge is 0.427 e. The fraction of sp³-hybridized carbons (Fsp3) is 0.348. The lowest BCUT2D eigenvalue weighted by Crippen LogP contribution is -2.44. The van der Waals surface area contributed by atoms with Crippen molar-refractivity contribution in [3.05, 3.63) is 81.4 Å². The topological polar surface area (TPSA) is 48.7 Å². The quantitative estimate of drug-likeness (QED) is 0.682. The maximum absolute atomic E-state index is 12.4. The van der Waals surface area contributed by atoms with Crippen molar-refractivity contribution in [2.45, 2.75) is 52.1 Å². The van der Waals surface area contributed by atoms with E-state index in [1.807, 2.05) is 69.3 Å². The summed E-state index contributed by atoms with van der Waals surface area (Å²) in [5, 5.41) is 1.58. The maximum Gasteiger partial charge on any atom is 0.343 e. The van der Waals surface area contributed by atoms with Crippen LogP contribution in [-0.2, 0) is 29.1 Å². The van der Waals surface area contributed by atoms with E-state index in [9.17, 15) is 4.79 Å². The molecule has 0 saturated carbocycles. The molecule has 1 aromatic heterocycles. The van der Waals surface area contributed by atoms with Crippen LogP contribution in [0.2, 0.25) is 0 Å². The highest BCUT2D eigenvalue weighted by atomic mass is 16.6. The molecule has 0 aliphatic carbocycles. The van der Waals surface area contributed by atoms with Gasteiger partial charge in [-0.25, -0.2) is 4.79 Å². The molecule has 140 valence electrons. The van der Waals surface area contributed by atoms with E-state index in [1.165, 1.54) is 0 Å². The number of rotatable bonds is 4. The van der Waals surface area contributed by atoms with E-state index in [4.69, 9.17) is 13.9 Å². The first-order valence-electron chi connectivity index (χ1n) is 9.29. The molecular weight excluding hydrogens is 340 g/mol. The summed E-state index contributed by atoms with van der Waals surface area (Å²) in [4.78, 5) is 12.4. The highest BCUT2D eigenvalue weighted by Crippen LogP contribution is 2.33. The Morgan fingerprint density at radius 1 is 1.11 bits per heavy atom. The van der Waals surface area contributed by atoms with Gasteiger partial charge < -0.3 is 13.9 Å². The Balaban J connectivity index is 1.60. The molecule has 0 amide bonds. The molecule has 3 aromatic rings. The SMILES string of the molecule is Cc1cccc2c(=O)oc3c(c12)COC(C(C)(C)OCc1ccccc1)C3. The Kier molecular flexibility index (Phi) is 4.62. The van der Waals surface area contributed by atoms with Crippen molar-refractivity contribution < 1.29 is 13.9 Å². The second kappa shape index (κ2) is 6.95. The molecule has 1 aliphatic rings. The minimum atomic E-state index is -0.507.